The van der Waals surface area contributed by atoms with E-state index < -0.39 is 12.1 Å². The number of aromatic carboxylic acids is 1. The van der Waals surface area contributed by atoms with Crippen molar-refractivity contribution in [1.29, 1.82) is 0 Å². The third-order valence-corrected chi connectivity index (χ3v) is 2.76. The van der Waals surface area contributed by atoms with Gasteiger partial charge in [0.25, 0.3) is 0 Å². The fraction of sp³-hybridized carbons (Fsp3) is 0.364. The summed E-state index contributed by atoms with van der Waals surface area (Å²) >= 11 is 3.27. The number of hydrogen-bond donors (Lipinski definition) is 3. The maximum Gasteiger partial charge on any atom is 0.335 e. The van der Waals surface area contributed by atoms with Crippen LogP contribution in [0.4, 0.5) is 5.69 Å². The first-order valence-electron chi connectivity index (χ1n) is 4.98. The molecule has 0 bridgehead atoms. The van der Waals surface area contributed by atoms with Crippen LogP contribution in [0.1, 0.15) is 10.4 Å². The van der Waals surface area contributed by atoms with E-state index in [0.717, 1.165) is 5.69 Å². The van der Waals surface area contributed by atoms with Crippen molar-refractivity contribution in [2.24, 2.45) is 0 Å². The lowest BCUT2D eigenvalue weighted by Crippen LogP contribution is -2.24. The van der Waals surface area contributed by atoms with Crippen molar-refractivity contribution in [3.8, 4) is 0 Å². The van der Waals surface area contributed by atoms with Gasteiger partial charge in [-0.05, 0) is 34.1 Å². The minimum Gasteiger partial charge on any atom is -0.478 e. The van der Waals surface area contributed by atoms with Gasteiger partial charge in [-0.1, -0.05) is 0 Å². The SMILES string of the molecule is COCC(O)CNc1ccc(C(=O)O)cc1Br. The summed E-state index contributed by atoms with van der Waals surface area (Å²) in [6.45, 7) is 0.580. The van der Waals surface area contributed by atoms with Gasteiger partial charge in [0.1, 0.15) is 0 Å². The molecule has 0 radical (unpaired) electrons. The van der Waals surface area contributed by atoms with Gasteiger partial charge in [0.2, 0.25) is 0 Å². The van der Waals surface area contributed by atoms with Crippen LogP contribution in [0.2, 0.25) is 0 Å². The Morgan fingerprint density at radius 1 is 1.59 bits per heavy atom. The molecule has 5 nitrogen and oxygen atoms in total. The highest BCUT2D eigenvalue weighted by Crippen LogP contribution is 2.23. The maximum absolute atomic E-state index is 10.7. The van der Waals surface area contributed by atoms with Crippen molar-refractivity contribution in [2.45, 2.75) is 6.10 Å². The van der Waals surface area contributed by atoms with Crippen molar-refractivity contribution in [2.75, 3.05) is 25.6 Å². The zero-order valence-electron chi connectivity index (χ0n) is 9.31. The van der Waals surface area contributed by atoms with E-state index in [1.54, 1.807) is 6.07 Å². The normalized spacial score (nSPS) is 12.2. The summed E-state index contributed by atoms with van der Waals surface area (Å²) in [6.07, 6.45) is -0.606. The standard InChI is InChI=1S/C11H14BrNO4/c1-17-6-8(14)5-13-10-3-2-7(11(15)16)4-9(10)12/h2-4,8,13-14H,5-6H2,1H3,(H,15,16). The van der Waals surface area contributed by atoms with Gasteiger partial charge in [-0.15, -0.1) is 0 Å². The summed E-state index contributed by atoms with van der Waals surface area (Å²) in [5.41, 5.74) is 0.935. The molecule has 0 saturated carbocycles. The Morgan fingerprint density at radius 3 is 2.82 bits per heavy atom. The lowest BCUT2D eigenvalue weighted by atomic mass is 10.2. The number of carbonyl (C=O) groups is 1. The Hall–Kier alpha value is -1.11. The molecule has 94 valence electrons. The third-order valence-electron chi connectivity index (χ3n) is 2.10. The first-order valence-corrected chi connectivity index (χ1v) is 5.77. The molecular formula is C11H14BrNO4. The largest absolute Gasteiger partial charge is 0.478 e. The number of carboxylic acids is 1. The molecule has 0 aromatic heterocycles. The van der Waals surface area contributed by atoms with E-state index in [0.29, 0.717) is 11.0 Å². The number of carboxylic acid groups (broad SMARTS) is 1. The Morgan fingerprint density at radius 2 is 2.29 bits per heavy atom. The Kier molecular flexibility index (Phi) is 5.40. The van der Waals surface area contributed by atoms with Crippen LogP contribution in [-0.2, 0) is 4.74 Å². The van der Waals surface area contributed by atoms with Gasteiger partial charge >= 0.3 is 5.97 Å². The molecule has 0 aliphatic heterocycles. The molecule has 0 spiro atoms. The van der Waals surface area contributed by atoms with E-state index in [4.69, 9.17) is 9.84 Å². The van der Waals surface area contributed by atoms with Gasteiger partial charge in [0.15, 0.2) is 0 Å². The fourth-order valence-corrected chi connectivity index (χ4v) is 1.79. The molecule has 1 atom stereocenters. The minimum absolute atomic E-state index is 0.208. The number of nitrogens with one attached hydrogen (secondary N) is 1. The van der Waals surface area contributed by atoms with Crippen molar-refractivity contribution in [3.63, 3.8) is 0 Å². The summed E-state index contributed by atoms with van der Waals surface area (Å²) in [5.74, 6) is -0.975. The highest BCUT2D eigenvalue weighted by atomic mass is 79.9. The van der Waals surface area contributed by atoms with E-state index in [-0.39, 0.29) is 12.2 Å². The smallest absolute Gasteiger partial charge is 0.335 e. The number of aliphatic hydroxyl groups is 1. The van der Waals surface area contributed by atoms with Gasteiger partial charge in [-0.3, -0.25) is 0 Å². The van der Waals surface area contributed by atoms with Crippen LogP contribution >= 0.6 is 15.9 Å². The van der Waals surface area contributed by atoms with E-state index in [9.17, 15) is 9.90 Å². The first kappa shape index (κ1) is 14.0. The van der Waals surface area contributed by atoms with E-state index in [1.165, 1.54) is 19.2 Å². The van der Waals surface area contributed by atoms with Crippen LogP contribution in [-0.4, -0.2) is 42.5 Å². The highest BCUT2D eigenvalue weighted by molar-refractivity contribution is 9.10. The second-order valence-electron chi connectivity index (χ2n) is 3.49. The molecule has 0 aliphatic rings. The lowest BCUT2D eigenvalue weighted by Gasteiger charge is -2.13. The second-order valence-corrected chi connectivity index (χ2v) is 4.34. The van der Waals surface area contributed by atoms with E-state index in [1.807, 2.05) is 0 Å². The summed E-state index contributed by atoms with van der Waals surface area (Å²) in [6, 6.07) is 4.65. The molecule has 1 aromatic carbocycles. The average Bonchev–Trinajstić information content (AvgIpc) is 2.27. The fourth-order valence-electron chi connectivity index (χ4n) is 1.27. The molecule has 1 rings (SSSR count). The molecule has 0 fully saturated rings. The van der Waals surface area contributed by atoms with Crippen LogP contribution in [0.3, 0.4) is 0 Å². The predicted octanol–water partition coefficient (Wildman–Crippen LogP) is 1.57. The molecule has 0 heterocycles. The summed E-state index contributed by atoms with van der Waals surface area (Å²) in [5, 5.41) is 21.2. The summed E-state index contributed by atoms with van der Waals surface area (Å²) < 4.78 is 5.43. The van der Waals surface area contributed by atoms with Crippen molar-refractivity contribution in [1.82, 2.24) is 0 Å². The lowest BCUT2D eigenvalue weighted by molar-refractivity contribution is 0.0696. The average molecular weight is 304 g/mol. The Balaban J connectivity index is 2.63. The molecular weight excluding hydrogens is 290 g/mol. The molecule has 1 unspecified atom stereocenters. The molecule has 0 saturated heterocycles. The topological polar surface area (TPSA) is 78.8 Å². The number of aliphatic hydroxyl groups excluding tert-OH is 1. The monoisotopic (exact) mass is 303 g/mol. The highest BCUT2D eigenvalue weighted by Gasteiger charge is 2.08. The van der Waals surface area contributed by atoms with E-state index in [2.05, 4.69) is 21.2 Å². The van der Waals surface area contributed by atoms with Crippen molar-refractivity contribution in [3.05, 3.63) is 28.2 Å². The number of halogens is 1. The Labute approximate surface area is 108 Å². The number of hydrogen-bond acceptors (Lipinski definition) is 4. The molecule has 6 heteroatoms. The number of ether oxygens (including phenoxy) is 1. The predicted molar refractivity (Wildman–Crippen MR) is 67.5 cm³/mol. The van der Waals surface area contributed by atoms with Gasteiger partial charge < -0.3 is 20.3 Å². The van der Waals surface area contributed by atoms with Crippen LogP contribution in [0.15, 0.2) is 22.7 Å². The zero-order valence-corrected chi connectivity index (χ0v) is 10.9. The van der Waals surface area contributed by atoms with Crippen LogP contribution < -0.4 is 5.32 Å². The Bertz CT molecular complexity index is 397. The van der Waals surface area contributed by atoms with Gasteiger partial charge in [0.05, 0.1) is 18.3 Å². The van der Waals surface area contributed by atoms with Gasteiger partial charge in [-0.2, -0.15) is 0 Å². The third kappa shape index (κ3) is 4.33. The molecule has 3 N–H and O–H groups in total. The van der Waals surface area contributed by atoms with Crippen LogP contribution in [0, 0.1) is 0 Å². The zero-order chi connectivity index (χ0) is 12.8. The van der Waals surface area contributed by atoms with Gasteiger partial charge in [0, 0.05) is 23.8 Å². The second kappa shape index (κ2) is 6.58. The first-order chi connectivity index (χ1) is 8.04. The van der Waals surface area contributed by atoms with Crippen LogP contribution in [0.25, 0.3) is 0 Å². The maximum atomic E-state index is 10.7. The molecule has 1 aromatic rings. The number of methoxy groups -OCH3 is 1. The van der Waals surface area contributed by atoms with E-state index >= 15 is 0 Å². The number of anilines is 1. The molecule has 0 aliphatic carbocycles. The van der Waals surface area contributed by atoms with Crippen molar-refractivity contribution >= 4 is 27.6 Å². The summed E-state index contributed by atoms with van der Waals surface area (Å²) in [4.78, 5) is 10.7. The number of benzene rings is 1. The van der Waals surface area contributed by atoms with Gasteiger partial charge in [-0.25, -0.2) is 4.79 Å². The minimum atomic E-state index is -0.975. The molecule has 0 amide bonds. The van der Waals surface area contributed by atoms with Crippen molar-refractivity contribution < 1.29 is 19.7 Å². The molecule has 17 heavy (non-hydrogen) atoms. The quantitative estimate of drug-likeness (QED) is 0.743. The summed E-state index contributed by atoms with van der Waals surface area (Å²) in [7, 11) is 1.51. The van der Waals surface area contributed by atoms with Crippen LogP contribution in [0.5, 0.6) is 0 Å². The number of rotatable bonds is 6.